The number of carbonyl (C=O) groups is 1. The zero-order valence-electron chi connectivity index (χ0n) is 14.5. The van der Waals surface area contributed by atoms with E-state index < -0.39 is 5.60 Å². The number of hydrogen-bond donors (Lipinski definition) is 2. The second kappa shape index (κ2) is 7.21. The number of aromatic hydroxyl groups is 1. The summed E-state index contributed by atoms with van der Waals surface area (Å²) in [6.07, 6.45) is 1.90. The van der Waals surface area contributed by atoms with Crippen molar-refractivity contribution in [3.8, 4) is 5.75 Å². The molecule has 5 heteroatoms. The van der Waals surface area contributed by atoms with Gasteiger partial charge in [-0.2, -0.15) is 0 Å². The van der Waals surface area contributed by atoms with Crippen LogP contribution in [0.15, 0.2) is 24.3 Å². The normalized spacial score (nSPS) is 16.0. The maximum Gasteiger partial charge on any atom is 0.410 e. The Labute approximate surface area is 138 Å². The number of carbonyl (C=O) groups excluding carboxylic acids is 1. The first kappa shape index (κ1) is 17.6. The second-order valence-corrected chi connectivity index (χ2v) is 7.17. The van der Waals surface area contributed by atoms with E-state index in [-0.39, 0.29) is 17.9 Å². The van der Waals surface area contributed by atoms with Crippen LogP contribution in [-0.2, 0) is 4.74 Å². The third kappa shape index (κ3) is 5.75. The maximum absolute atomic E-state index is 12.3. The van der Waals surface area contributed by atoms with Crippen molar-refractivity contribution in [1.82, 2.24) is 10.2 Å². The Morgan fingerprint density at radius 1 is 1.35 bits per heavy atom. The van der Waals surface area contributed by atoms with E-state index in [1.165, 1.54) is 0 Å². The zero-order valence-corrected chi connectivity index (χ0v) is 14.5. The summed E-state index contributed by atoms with van der Waals surface area (Å²) in [7, 11) is 0. The molecule has 1 fully saturated rings. The average Bonchev–Trinajstić information content (AvgIpc) is 3.26. The highest BCUT2D eigenvalue weighted by Gasteiger charge is 2.34. The smallest absolute Gasteiger partial charge is 0.410 e. The summed E-state index contributed by atoms with van der Waals surface area (Å²) in [5, 5.41) is 12.7. The molecule has 128 valence electrons. The molecular formula is C18H28N2O3. The highest BCUT2D eigenvalue weighted by molar-refractivity contribution is 5.69. The van der Waals surface area contributed by atoms with Gasteiger partial charge in [0.2, 0.25) is 0 Å². The molecule has 1 unspecified atom stereocenters. The number of hydrogen-bond acceptors (Lipinski definition) is 4. The zero-order chi connectivity index (χ0) is 17.0. The molecular weight excluding hydrogens is 292 g/mol. The van der Waals surface area contributed by atoms with Crippen molar-refractivity contribution < 1.29 is 14.6 Å². The number of rotatable bonds is 6. The van der Waals surface area contributed by atoms with Crippen molar-refractivity contribution in [2.24, 2.45) is 0 Å². The van der Waals surface area contributed by atoms with Crippen molar-refractivity contribution in [3.63, 3.8) is 0 Å². The Kier molecular flexibility index (Phi) is 5.52. The quantitative estimate of drug-likeness (QED) is 0.843. The molecule has 0 bridgehead atoms. The van der Waals surface area contributed by atoms with E-state index in [0.29, 0.717) is 19.1 Å². The van der Waals surface area contributed by atoms with E-state index >= 15 is 0 Å². The number of phenolic OH excluding ortho intramolecular Hbond substituents is 1. The molecule has 0 spiro atoms. The first-order chi connectivity index (χ1) is 10.8. The minimum atomic E-state index is -0.461. The van der Waals surface area contributed by atoms with E-state index in [1.54, 1.807) is 12.1 Å². The van der Waals surface area contributed by atoms with Gasteiger partial charge in [0.05, 0.1) is 0 Å². The van der Waals surface area contributed by atoms with Crippen LogP contribution in [0.1, 0.15) is 52.1 Å². The molecule has 0 radical (unpaired) electrons. The number of nitrogens with one attached hydrogen (secondary N) is 1. The molecule has 2 rings (SSSR count). The number of nitrogens with zero attached hydrogens (tertiary/aromatic N) is 1. The Bertz CT molecular complexity index is 518. The third-order valence-corrected chi connectivity index (χ3v) is 3.81. The van der Waals surface area contributed by atoms with E-state index in [0.717, 1.165) is 18.4 Å². The highest BCUT2D eigenvalue weighted by Crippen LogP contribution is 2.28. The highest BCUT2D eigenvalue weighted by atomic mass is 16.6. The largest absolute Gasteiger partial charge is 0.508 e. The molecule has 1 aliphatic rings. The number of ether oxygens (including phenoxy) is 1. The van der Waals surface area contributed by atoms with Crippen molar-refractivity contribution >= 4 is 6.09 Å². The minimum Gasteiger partial charge on any atom is -0.508 e. The fourth-order valence-electron chi connectivity index (χ4n) is 2.41. The fourth-order valence-corrected chi connectivity index (χ4v) is 2.41. The lowest BCUT2D eigenvalue weighted by molar-refractivity contribution is 0.0235. The van der Waals surface area contributed by atoms with E-state index in [4.69, 9.17) is 4.74 Å². The van der Waals surface area contributed by atoms with Crippen LogP contribution >= 0.6 is 0 Å². The van der Waals surface area contributed by atoms with Crippen molar-refractivity contribution in [2.45, 2.75) is 58.2 Å². The van der Waals surface area contributed by atoms with Crippen LogP contribution in [0.5, 0.6) is 5.75 Å². The van der Waals surface area contributed by atoms with Gasteiger partial charge in [-0.1, -0.05) is 12.1 Å². The molecule has 1 saturated carbocycles. The Morgan fingerprint density at radius 2 is 1.96 bits per heavy atom. The van der Waals surface area contributed by atoms with Crippen LogP contribution < -0.4 is 5.32 Å². The van der Waals surface area contributed by atoms with Gasteiger partial charge < -0.3 is 20.1 Å². The lowest BCUT2D eigenvalue weighted by Gasteiger charge is -2.28. The van der Waals surface area contributed by atoms with E-state index in [2.05, 4.69) is 12.2 Å². The van der Waals surface area contributed by atoms with Crippen LogP contribution in [0.25, 0.3) is 0 Å². The van der Waals surface area contributed by atoms with Gasteiger partial charge in [-0.3, -0.25) is 0 Å². The second-order valence-electron chi connectivity index (χ2n) is 7.17. The number of phenols is 1. The van der Waals surface area contributed by atoms with Crippen LogP contribution in [0, 0.1) is 0 Å². The number of benzene rings is 1. The third-order valence-electron chi connectivity index (χ3n) is 3.81. The summed E-state index contributed by atoms with van der Waals surface area (Å²) < 4.78 is 5.49. The summed E-state index contributed by atoms with van der Waals surface area (Å²) in [4.78, 5) is 14.1. The van der Waals surface area contributed by atoms with E-state index in [9.17, 15) is 9.90 Å². The molecule has 0 saturated heterocycles. The van der Waals surface area contributed by atoms with Gasteiger partial charge in [-0.15, -0.1) is 0 Å². The maximum atomic E-state index is 12.3. The Hall–Kier alpha value is -1.75. The van der Waals surface area contributed by atoms with Crippen molar-refractivity contribution in [1.29, 1.82) is 0 Å². The molecule has 23 heavy (non-hydrogen) atoms. The van der Waals surface area contributed by atoms with Gasteiger partial charge in [-0.25, -0.2) is 4.79 Å². The summed E-state index contributed by atoms with van der Waals surface area (Å²) in [5.74, 6) is 0.269. The van der Waals surface area contributed by atoms with Gasteiger partial charge >= 0.3 is 6.09 Å². The standard InChI is InChI=1S/C18H28N2O3/c1-13(14-5-9-16(21)10-6-14)19-11-12-20(15-7-8-15)17(22)23-18(2,3)4/h5-6,9-10,13,15,19,21H,7-8,11-12H2,1-4H3. The average molecular weight is 320 g/mol. The summed E-state index contributed by atoms with van der Waals surface area (Å²) in [6.45, 7) is 9.09. The molecule has 1 aliphatic carbocycles. The minimum absolute atomic E-state index is 0.162. The topological polar surface area (TPSA) is 61.8 Å². The van der Waals surface area contributed by atoms with Gasteiger partial charge in [0.1, 0.15) is 11.4 Å². The predicted octanol–water partition coefficient (Wildman–Crippen LogP) is 3.44. The van der Waals surface area contributed by atoms with Crippen molar-refractivity contribution in [2.75, 3.05) is 13.1 Å². The molecule has 1 amide bonds. The lowest BCUT2D eigenvalue weighted by Crippen LogP contribution is -2.42. The SMILES string of the molecule is CC(NCCN(C(=O)OC(C)(C)C)C1CC1)c1ccc(O)cc1. The summed E-state index contributed by atoms with van der Waals surface area (Å²) in [5.41, 5.74) is 0.648. The first-order valence-corrected chi connectivity index (χ1v) is 8.28. The molecule has 1 aromatic rings. The first-order valence-electron chi connectivity index (χ1n) is 8.28. The molecule has 0 aromatic heterocycles. The van der Waals surface area contributed by atoms with Gasteiger partial charge in [0.25, 0.3) is 0 Å². The number of amides is 1. The van der Waals surface area contributed by atoms with Crippen LogP contribution in [0.4, 0.5) is 4.79 Å². The molecule has 1 aromatic carbocycles. The molecule has 2 N–H and O–H groups in total. The Morgan fingerprint density at radius 3 is 2.48 bits per heavy atom. The monoisotopic (exact) mass is 320 g/mol. The summed E-state index contributed by atoms with van der Waals surface area (Å²) in [6, 6.07) is 7.67. The van der Waals surface area contributed by atoms with Gasteiger partial charge in [0.15, 0.2) is 0 Å². The molecule has 1 atom stereocenters. The van der Waals surface area contributed by atoms with Crippen LogP contribution in [0.2, 0.25) is 0 Å². The van der Waals surface area contributed by atoms with Crippen molar-refractivity contribution in [3.05, 3.63) is 29.8 Å². The lowest BCUT2D eigenvalue weighted by atomic mass is 10.1. The fraction of sp³-hybridized carbons (Fsp3) is 0.611. The van der Waals surface area contributed by atoms with Gasteiger partial charge in [0, 0.05) is 25.2 Å². The molecule has 0 heterocycles. The van der Waals surface area contributed by atoms with Crippen LogP contribution in [0.3, 0.4) is 0 Å². The molecule has 5 nitrogen and oxygen atoms in total. The molecule has 0 aliphatic heterocycles. The van der Waals surface area contributed by atoms with Gasteiger partial charge in [-0.05, 0) is 58.2 Å². The predicted molar refractivity (Wildman–Crippen MR) is 90.5 cm³/mol. The van der Waals surface area contributed by atoms with E-state index in [1.807, 2.05) is 37.8 Å². The van der Waals surface area contributed by atoms with Crippen LogP contribution in [-0.4, -0.2) is 40.8 Å². The summed E-state index contributed by atoms with van der Waals surface area (Å²) >= 11 is 0. The Balaban J connectivity index is 1.82.